The first-order chi connectivity index (χ1) is 16.0. The maximum absolute atomic E-state index is 13.8. The number of nitrogens with zero attached hydrogens (tertiary/aromatic N) is 3. The zero-order chi connectivity index (χ0) is 24.6. The van der Waals surface area contributed by atoms with Crippen LogP contribution in [-0.4, -0.2) is 33.3 Å². The van der Waals surface area contributed by atoms with Crippen molar-refractivity contribution in [3.63, 3.8) is 0 Å². The number of hydrogen-bond donors (Lipinski definition) is 2. The third-order valence-corrected chi connectivity index (χ3v) is 5.59. The molecule has 1 unspecified atom stereocenters. The van der Waals surface area contributed by atoms with Gasteiger partial charge in [0.05, 0.1) is 18.2 Å². The van der Waals surface area contributed by atoms with Crippen LogP contribution >= 0.6 is 0 Å². The van der Waals surface area contributed by atoms with Crippen LogP contribution in [0.2, 0.25) is 0 Å². The molecule has 0 bridgehead atoms. The summed E-state index contributed by atoms with van der Waals surface area (Å²) in [5.41, 5.74) is -0.618. The Morgan fingerprint density at radius 2 is 1.74 bits per heavy atom. The molecule has 0 fully saturated rings. The number of carboxylic acids is 1. The normalized spacial score (nSPS) is 14.1. The van der Waals surface area contributed by atoms with Crippen molar-refractivity contribution in [3.8, 4) is 0 Å². The van der Waals surface area contributed by atoms with Crippen LogP contribution in [0.1, 0.15) is 50.5 Å². The predicted octanol–water partition coefficient (Wildman–Crippen LogP) is 4.25. The highest BCUT2D eigenvalue weighted by Gasteiger charge is 2.44. The molecule has 7 nitrogen and oxygen atoms in total. The Balaban J connectivity index is 1.64. The van der Waals surface area contributed by atoms with Gasteiger partial charge in [0.1, 0.15) is 17.2 Å². The third kappa shape index (κ3) is 4.59. The summed E-state index contributed by atoms with van der Waals surface area (Å²) in [4.78, 5) is 25.7. The van der Waals surface area contributed by atoms with Crippen LogP contribution in [0.25, 0.3) is 0 Å². The Hall–Kier alpha value is -3.89. The van der Waals surface area contributed by atoms with Gasteiger partial charge >= 0.3 is 12.1 Å². The summed E-state index contributed by atoms with van der Waals surface area (Å²) in [6.45, 7) is 2.26. The van der Waals surface area contributed by atoms with E-state index in [0.29, 0.717) is 17.7 Å². The van der Waals surface area contributed by atoms with Crippen molar-refractivity contribution in [2.24, 2.45) is 0 Å². The summed E-state index contributed by atoms with van der Waals surface area (Å²) < 4.78 is 55.7. The topological polar surface area (TPSA) is 87.5 Å². The lowest BCUT2D eigenvalue weighted by Crippen LogP contribution is -2.31. The minimum absolute atomic E-state index is 0.0441. The van der Waals surface area contributed by atoms with E-state index in [1.165, 1.54) is 48.5 Å². The van der Waals surface area contributed by atoms with Gasteiger partial charge in [-0.15, -0.1) is 0 Å². The molecule has 2 aromatic carbocycles. The van der Waals surface area contributed by atoms with E-state index in [1.54, 1.807) is 11.8 Å². The first-order valence-electron chi connectivity index (χ1n) is 10.4. The van der Waals surface area contributed by atoms with Gasteiger partial charge in [-0.2, -0.15) is 18.3 Å². The molecule has 34 heavy (non-hydrogen) atoms. The van der Waals surface area contributed by atoms with Crippen molar-refractivity contribution < 1.29 is 32.3 Å². The van der Waals surface area contributed by atoms with E-state index in [9.17, 15) is 27.2 Å². The lowest BCUT2D eigenvalue weighted by atomic mass is 10.1. The minimum Gasteiger partial charge on any atom is -0.478 e. The number of carbonyl (C=O) groups excluding carboxylic acids is 1. The molecule has 2 heterocycles. The highest BCUT2D eigenvalue weighted by molar-refractivity contribution is 6.01. The molecule has 1 aliphatic rings. The van der Waals surface area contributed by atoms with Gasteiger partial charge in [0.2, 0.25) is 0 Å². The summed E-state index contributed by atoms with van der Waals surface area (Å²) in [6.07, 6.45) is -4.85. The van der Waals surface area contributed by atoms with Gasteiger partial charge in [-0.3, -0.25) is 4.79 Å². The van der Waals surface area contributed by atoms with Crippen LogP contribution < -0.4 is 10.2 Å². The molecule has 178 valence electrons. The molecule has 0 saturated carbocycles. The summed E-state index contributed by atoms with van der Waals surface area (Å²) >= 11 is 0. The number of anilines is 1. The summed E-state index contributed by atoms with van der Waals surface area (Å²) in [6, 6.07) is 10.6. The van der Waals surface area contributed by atoms with E-state index in [2.05, 4.69) is 10.4 Å². The van der Waals surface area contributed by atoms with E-state index in [4.69, 9.17) is 5.11 Å². The molecule has 11 heteroatoms. The zero-order valence-corrected chi connectivity index (χ0v) is 17.9. The van der Waals surface area contributed by atoms with E-state index in [-0.39, 0.29) is 24.5 Å². The van der Waals surface area contributed by atoms with E-state index >= 15 is 0 Å². The Labute approximate surface area is 191 Å². The number of halogens is 4. The molecule has 1 atom stereocenters. The largest absolute Gasteiger partial charge is 0.478 e. The van der Waals surface area contributed by atoms with E-state index in [1.807, 2.05) is 0 Å². The van der Waals surface area contributed by atoms with E-state index < -0.39 is 41.2 Å². The van der Waals surface area contributed by atoms with Gasteiger partial charge in [-0.1, -0.05) is 24.3 Å². The number of nitrogens with one attached hydrogen (secondary N) is 1. The molecule has 1 aromatic heterocycles. The van der Waals surface area contributed by atoms with Crippen molar-refractivity contribution in [3.05, 3.63) is 82.3 Å². The second kappa shape index (κ2) is 8.81. The fourth-order valence-corrected chi connectivity index (χ4v) is 3.89. The predicted molar refractivity (Wildman–Crippen MR) is 114 cm³/mol. The quantitative estimate of drug-likeness (QED) is 0.520. The van der Waals surface area contributed by atoms with Gasteiger partial charge in [0, 0.05) is 13.1 Å². The number of aromatic nitrogens is 2. The fourth-order valence-electron chi connectivity index (χ4n) is 3.89. The molecule has 1 amide bonds. The zero-order valence-electron chi connectivity index (χ0n) is 17.9. The first-order valence-corrected chi connectivity index (χ1v) is 10.4. The molecular formula is C23H20F4N4O3. The monoisotopic (exact) mass is 476 g/mol. The summed E-state index contributed by atoms with van der Waals surface area (Å²) in [5.74, 6) is -2.45. The molecule has 0 saturated heterocycles. The highest BCUT2D eigenvalue weighted by Crippen LogP contribution is 2.38. The Morgan fingerprint density at radius 3 is 2.32 bits per heavy atom. The van der Waals surface area contributed by atoms with Crippen molar-refractivity contribution in [1.82, 2.24) is 15.1 Å². The van der Waals surface area contributed by atoms with Gasteiger partial charge < -0.3 is 15.3 Å². The molecular weight excluding hydrogens is 456 g/mol. The number of rotatable bonds is 6. The molecule has 0 spiro atoms. The number of alkyl halides is 3. The summed E-state index contributed by atoms with van der Waals surface area (Å²) in [5, 5.41) is 15.2. The van der Waals surface area contributed by atoms with Crippen LogP contribution in [0.3, 0.4) is 0 Å². The number of fused-ring (bicyclic) bond motifs is 1. The van der Waals surface area contributed by atoms with Crippen molar-refractivity contribution in [2.45, 2.75) is 32.2 Å². The maximum Gasteiger partial charge on any atom is 0.436 e. The minimum atomic E-state index is -4.85. The fraction of sp³-hybridized carbons (Fsp3) is 0.261. The Kier molecular flexibility index (Phi) is 6.03. The standard InChI is InChI=1S/C23H20F4N4O3/c1-13(15-4-6-16(7-5-15)22(33)34)28-20(32)18-19(23(25,26)27)29-31-11-10-30(21(18)31)12-14-2-8-17(24)9-3-14/h2-9,13H,10-12H2,1H3,(H,28,32)(H,33,34). The maximum atomic E-state index is 13.8. The first kappa shape index (κ1) is 23.3. The van der Waals surface area contributed by atoms with Crippen LogP contribution in [0.5, 0.6) is 0 Å². The Morgan fingerprint density at radius 1 is 1.09 bits per heavy atom. The third-order valence-electron chi connectivity index (χ3n) is 5.59. The second-order valence-electron chi connectivity index (χ2n) is 7.94. The average Bonchev–Trinajstić information content (AvgIpc) is 3.35. The number of benzene rings is 2. The van der Waals surface area contributed by atoms with Crippen molar-refractivity contribution in [1.29, 1.82) is 0 Å². The van der Waals surface area contributed by atoms with Crippen molar-refractivity contribution in [2.75, 3.05) is 11.4 Å². The summed E-state index contributed by atoms with van der Waals surface area (Å²) in [7, 11) is 0. The molecule has 0 aliphatic carbocycles. The number of carboxylic acid groups (broad SMARTS) is 1. The Bertz CT molecular complexity index is 1220. The molecule has 2 N–H and O–H groups in total. The lowest BCUT2D eigenvalue weighted by molar-refractivity contribution is -0.141. The number of hydrogen-bond acceptors (Lipinski definition) is 4. The van der Waals surface area contributed by atoms with Crippen LogP contribution in [0, 0.1) is 5.82 Å². The van der Waals surface area contributed by atoms with Crippen LogP contribution in [-0.2, 0) is 19.3 Å². The second-order valence-corrected chi connectivity index (χ2v) is 7.94. The van der Waals surface area contributed by atoms with Crippen LogP contribution in [0.15, 0.2) is 48.5 Å². The number of carbonyl (C=O) groups is 2. The average molecular weight is 476 g/mol. The van der Waals surface area contributed by atoms with E-state index in [0.717, 1.165) is 4.68 Å². The SMILES string of the molecule is CC(NC(=O)c1c(C(F)(F)F)nn2c1N(Cc1ccc(F)cc1)CC2)c1ccc(C(=O)O)cc1. The lowest BCUT2D eigenvalue weighted by Gasteiger charge is -2.21. The molecule has 1 aliphatic heterocycles. The van der Waals surface area contributed by atoms with Gasteiger partial charge in [0.25, 0.3) is 5.91 Å². The molecule has 0 radical (unpaired) electrons. The highest BCUT2D eigenvalue weighted by atomic mass is 19.4. The molecule has 3 aromatic rings. The number of amides is 1. The smallest absolute Gasteiger partial charge is 0.436 e. The van der Waals surface area contributed by atoms with Crippen LogP contribution in [0.4, 0.5) is 23.4 Å². The van der Waals surface area contributed by atoms with Crippen molar-refractivity contribution >= 4 is 17.7 Å². The van der Waals surface area contributed by atoms with Gasteiger partial charge in [-0.05, 0) is 42.3 Å². The molecule has 4 rings (SSSR count). The number of aromatic carboxylic acids is 1. The van der Waals surface area contributed by atoms with Gasteiger partial charge in [0.15, 0.2) is 5.69 Å². The van der Waals surface area contributed by atoms with Gasteiger partial charge in [-0.25, -0.2) is 13.9 Å².